The van der Waals surface area contributed by atoms with Crippen molar-refractivity contribution in [3.8, 4) is 0 Å². The molecule has 0 aromatic heterocycles. The number of halogens is 3. The largest absolute Gasteiger partial charge is 0.459 e. The Bertz CT molecular complexity index is 760. The summed E-state index contributed by atoms with van der Waals surface area (Å²) in [7, 11) is -3.91. The van der Waals surface area contributed by atoms with E-state index in [4.69, 9.17) is 9.47 Å². The Morgan fingerprint density at radius 2 is 1.67 bits per heavy atom. The van der Waals surface area contributed by atoms with Gasteiger partial charge in [0, 0.05) is 45.6 Å². The quantitative estimate of drug-likeness (QED) is 0.255. The standard InChI is InChI=1S/C23H38F3NO5S/c1-21(2,3)32-20(28)22(13-17-31-18-14-22)33(29,30)27-15-10-19(11-16-27)9-7-5-4-6-8-12-23(24,25)26/h4,6,19H,5,7-18H2,1-3H3. The van der Waals surface area contributed by atoms with Gasteiger partial charge in [-0.15, -0.1) is 0 Å². The zero-order valence-corrected chi connectivity index (χ0v) is 20.8. The first kappa shape index (κ1) is 28.1. The second kappa shape index (κ2) is 11.5. The molecule has 0 atom stereocenters. The third-order valence-electron chi connectivity index (χ3n) is 6.22. The van der Waals surface area contributed by atoms with Gasteiger partial charge in [0.2, 0.25) is 10.0 Å². The van der Waals surface area contributed by atoms with Crippen molar-refractivity contribution in [1.29, 1.82) is 0 Å². The van der Waals surface area contributed by atoms with Gasteiger partial charge in [-0.1, -0.05) is 18.6 Å². The summed E-state index contributed by atoms with van der Waals surface area (Å²) in [5.41, 5.74) is -0.786. The normalized spacial score (nSPS) is 21.4. The smallest absolute Gasteiger partial charge is 0.389 e. The second-order valence-corrected chi connectivity index (χ2v) is 12.3. The molecule has 0 aliphatic carbocycles. The van der Waals surface area contributed by atoms with Gasteiger partial charge >= 0.3 is 12.1 Å². The Balaban J connectivity index is 1.88. The first-order valence-corrected chi connectivity index (χ1v) is 13.2. The van der Waals surface area contributed by atoms with Gasteiger partial charge in [-0.25, -0.2) is 12.7 Å². The summed E-state index contributed by atoms with van der Waals surface area (Å²) in [6.45, 7) is 6.29. The summed E-state index contributed by atoms with van der Waals surface area (Å²) in [5, 5.41) is 0. The Morgan fingerprint density at radius 3 is 2.21 bits per heavy atom. The molecule has 0 bridgehead atoms. The number of esters is 1. The van der Waals surface area contributed by atoms with E-state index in [-0.39, 0.29) is 32.5 Å². The van der Waals surface area contributed by atoms with Gasteiger partial charge in [0.25, 0.3) is 0 Å². The van der Waals surface area contributed by atoms with Crippen molar-refractivity contribution < 1.29 is 35.9 Å². The zero-order chi connectivity index (χ0) is 24.8. The number of rotatable bonds is 9. The summed E-state index contributed by atoms with van der Waals surface area (Å²) < 4.78 is 74.3. The molecule has 2 aliphatic rings. The van der Waals surface area contributed by atoms with Crippen LogP contribution in [0.5, 0.6) is 0 Å². The molecule has 192 valence electrons. The molecule has 0 spiro atoms. The van der Waals surface area contributed by atoms with Crippen LogP contribution in [0, 0.1) is 5.92 Å². The van der Waals surface area contributed by atoms with Gasteiger partial charge in [0.05, 0.1) is 0 Å². The van der Waals surface area contributed by atoms with Crippen molar-refractivity contribution in [3.63, 3.8) is 0 Å². The number of carbonyl (C=O) groups is 1. The lowest BCUT2D eigenvalue weighted by atomic mass is 9.92. The average molecular weight is 498 g/mol. The Kier molecular flexibility index (Phi) is 9.82. The molecule has 0 N–H and O–H groups in total. The van der Waals surface area contributed by atoms with Crippen LogP contribution in [0.1, 0.15) is 78.6 Å². The van der Waals surface area contributed by atoms with Gasteiger partial charge in [0.1, 0.15) is 5.60 Å². The van der Waals surface area contributed by atoms with E-state index < -0.39 is 38.9 Å². The molecule has 0 aromatic carbocycles. The molecule has 0 radical (unpaired) electrons. The molecule has 0 aromatic rings. The minimum atomic E-state index is -4.12. The van der Waals surface area contributed by atoms with Crippen molar-refractivity contribution in [2.24, 2.45) is 5.92 Å². The van der Waals surface area contributed by atoms with Gasteiger partial charge in [-0.05, 0) is 58.8 Å². The second-order valence-electron chi connectivity index (χ2n) is 10.0. The van der Waals surface area contributed by atoms with Crippen LogP contribution in [0.3, 0.4) is 0 Å². The lowest BCUT2D eigenvalue weighted by molar-refractivity contribution is -0.161. The highest BCUT2D eigenvalue weighted by atomic mass is 32.2. The fraction of sp³-hybridized carbons (Fsp3) is 0.870. The predicted molar refractivity (Wildman–Crippen MR) is 120 cm³/mol. The third kappa shape index (κ3) is 8.24. The van der Waals surface area contributed by atoms with Crippen LogP contribution in [0.2, 0.25) is 0 Å². The predicted octanol–water partition coefficient (Wildman–Crippen LogP) is 4.99. The lowest BCUT2D eigenvalue weighted by Gasteiger charge is -2.41. The number of nitrogens with zero attached hydrogens (tertiary/aromatic N) is 1. The highest BCUT2D eigenvalue weighted by molar-refractivity contribution is 7.91. The first-order chi connectivity index (χ1) is 15.3. The molecule has 0 saturated carbocycles. The minimum absolute atomic E-state index is 0.00415. The molecular formula is C23H38F3NO5S. The van der Waals surface area contributed by atoms with Crippen LogP contribution >= 0.6 is 0 Å². The van der Waals surface area contributed by atoms with Crippen LogP contribution in [-0.4, -0.2) is 61.5 Å². The number of sulfonamides is 1. The van der Waals surface area contributed by atoms with Crippen molar-refractivity contribution in [2.75, 3.05) is 26.3 Å². The van der Waals surface area contributed by atoms with E-state index in [9.17, 15) is 26.4 Å². The van der Waals surface area contributed by atoms with Crippen molar-refractivity contribution in [2.45, 2.75) is 95.1 Å². The molecule has 2 saturated heterocycles. The Labute approximate surface area is 195 Å². The highest BCUT2D eigenvalue weighted by Crippen LogP contribution is 2.37. The fourth-order valence-electron chi connectivity index (χ4n) is 4.33. The lowest BCUT2D eigenvalue weighted by Crippen LogP contribution is -2.59. The van der Waals surface area contributed by atoms with E-state index in [0.29, 0.717) is 31.8 Å². The number of carbonyl (C=O) groups excluding carboxylic acids is 1. The van der Waals surface area contributed by atoms with Gasteiger partial charge in [-0.2, -0.15) is 13.2 Å². The SMILES string of the molecule is CC(C)(C)OC(=O)C1(S(=O)(=O)N2CCC(CCCC=CCCC(F)(F)F)CC2)CCOCC1. The molecule has 2 fully saturated rings. The van der Waals surface area contributed by atoms with Crippen molar-refractivity contribution in [3.05, 3.63) is 12.2 Å². The third-order valence-corrected chi connectivity index (χ3v) is 8.83. The van der Waals surface area contributed by atoms with E-state index in [2.05, 4.69) is 0 Å². The number of alkyl halides is 3. The summed E-state index contributed by atoms with van der Waals surface area (Å²) in [6.07, 6.45) is 2.53. The van der Waals surface area contributed by atoms with Crippen LogP contribution in [0.15, 0.2) is 12.2 Å². The molecule has 10 heteroatoms. The molecular weight excluding hydrogens is 459 g/mol. The summed E-state index contributed by atoms with van der Waals surface area (Å²) in [5.74, 6) is -0.329. The maximum atomic E-state index is 13.6. The van der Waals surface area contributed by atoms with Crippen molar-refractivity contribution in [1.82, 2.24) is 4.31 Å². The zero-order valence-electron chi connectivity index (χ0n) is 20.0. The van der Waals surface area contributed by atoms with E-state index in [1.54, 1.807) is 32.9 Å². The first-order valence-electron chi connectivity index (χ1n) is 11.8. The minimum Gasteiger partial charge on any atom is -0.459 e. The Hall–Kier alpha value is -1.13. The molecule has 2 heterocycles. The summed E-state index contributed by atoms with van der Waals surface area (Å²) in [6, 6.07) is 0. The monoisotopic (exact) mass is 497 g/mol. The Morgan fingerprint density at radius 1 is 1.09 bits per heavy atom. The molecule has 2 aliphatic heterocycles. The molecule has 33 heavy (non-hydrogen) atoms. The number of allylic oxidation sites excluding steroid dienone is 2. The number of hydrogen-bond donors (Lipinski definition) is 0. The summed E-state index contributed by atoms with van der Waals surface area (Å²) in [4.78, 5) is 13.0. The van der Waals surface area contributed by atoms with E-state index >= 15 is 0 Å². The van der Waals surface area contributed by atoms with Crippen molar-refractivity contribution >= 4 is 16.0 Å². The van der Waals surface area contributed by atoms with Crippen LogP contribution in [-0.2, 0) is 24.3 Å². The number of ether oxygens (including phenoxy) is 2. The van der Waals surface area contributed by atoms with Crippen LogP contribution in [0.25, 0.3) is 0 Å². The average Bonchev–Trinajstić information content (AvgIpc) is 2.71. The van der Waals surface area contributed by atoms with Crippen LogP contribution < -0.4 is 0 Å². The number of piperidine rings is 1. The van der Waals surface area contributed by atoms with Gasteiger partial charge in [0.15, 0.2) is 4.75 Å². The fourth-order valence-corrected chi connectivity index (χ4v) is 6.45. The highest BCUT2D eigenvalue weighted by Gasteiger charge is 2.56. The molecule has 2 rings (SSSR count). The van der Waals surface area contributed by atoms with E-state index in [1.807, 2.05) is 0 Å². The molecule has 6 nitrogen and oxygen atoms in total. The van der Waals surface area contributed by atoms with E-state index in [1.165, 1.54) is 4.31 Å². The van der Waals surface area contributed by atoms with Gasteiger partial charge in [-0.3, -0.25) is 4.79 Å². The molecule has 0 amide bonds. The summed E-state index contributed by atoms with van der Waals surface area (Å²) >= 11 is 0. The van der Waals surface area contributed by atoms with Gasteiger partial charge < -0.3 is 9.47 Å². The topological polar surface area (TPSA) is 72.9 Å². The number of hydrogen-bond acceptors (Lipinski definition) is 5. The van der Waals surface area contributed by atoms with Crippen LogP contribution in [0.4, 0.5) is 13.2 Å². The molecule has 0 unspecified atom stereocenters. The van der Waals surface area contributed by atoms with E-state index in [0.717, 1.165) is 19.3 Å². The maximum Gasteiger partial charge on any atom is 0.389 e. The number of unbranched alkanes of at least 4 members (excludes halogenated alkanes) is 1. The maximum absolute atomic E-state index is 13.6.